The van der Waals surface area contributed by atoms with Crippen LogP contribution in [0.4, 0.5) is 5.69 Å². The van der Waals surface area contributed by atoms with Crippen LogP contribution in [0.5, 0.6) is 11.5 Å². The SMILES string of the molecule is COC(=O)c1ccc(N=Cc2cc(I)c(OCC(=O)O)c(OC)c2)c(C)c1. The number of nitrogens with zero attached hydrogens (tertiary/aromatic N) is 1. The van der Waals surface area contributed by atoms with Gasteiger partial charge in [-0.25, -0.2) is 9.59 Å². The first-order chi connectivity index (χ1) is 12.8. The van der Waals surface area contributed by atoms with E-state index in [1.807, 2.05) is 35.6 Å². The Kier molecular flexibility index (Phi) is 7.17. The lowest BCUT2D eigenvalue weighted by atomic mass is 10.1. The van der Waals surface area contributed by atoms with Crippen LogP contribution in [0, 0.1) is 10.5 Å². The Balaban J connectivity index is 2.28. The minimum atomic E-state index is -1.07. The van der Waals surface area contributed by atoms with Gasteiger partial charge in [-0.1, -0.05) is 0 Å². The number of aliphatic carboxylic acids is 1. The lowest BCUT2D eigenvalue weighted by molar-refractivity contribution is -0.139. The van der Waals surface area contributed by atoms with Crippen LogP contribution in [-0.2, 0) is 9.53 Å². The van der Waals surface area contributed by atoms with Gasteiger partial charge in [-0.15, -0.1) is 0 Å². The third-order valence-electron chi connectivity index (χ3n) is 3.56. The highest BCUT2D eigenvalue weighted by Crippen LogP contribution is 2.33. The molecular formula is C19H18INO6. The molecule has 7 nitrogen and oxygen atoms in total. The molecule has 0 unspecified atom stereocenters. The highest BCUT2D eigenvalue weighted by atomic mass is 127. The molecule has 0 spiro atoms. The van der Waals surface area contributed by atoms with E-state index in [4.69, 9.17) is 19.3 Å². The zero-order valence-electron chi connectivity index (χ0n) is 15.0. The third-order valence-corrected chi connectivity index (χ3v) is 4.36. The van der Waals surface area contributed by atoms with E-state index in [1.54, 1.807) is 30.5 Å². The fraction of sp³-hybridized carbons (Fsp3) is 0.211. The summed E-state index contributed by atoms with van der Waals surface area (Å²) in [6.07, 6.45) is 1.66. The molecule has 2 aromatic carbocycles. The number of aliphatic imine (C=N–C) groups is 1. The molecule has 0 atom stereocenters. The zero-order chi connectivity index (χ0) is 20.0. The van der Waals surface area contributed by atoms with Crippen molar-refractivity contribution in [3.05, 3.63) is 50.6 Å². The Morgan fingerprint density at radius 2 is 1.96 bits per heavy atom. The van der Waals surface area contributed by atoms with Crippen molar-refractivity contribution in [3.63, 3.8) is 0 Å². The van der Waals surface area contributed by atoms with Gasteiger partial charge in [0.1, 0.15) is 0 Å². The number of rotatable bonds is 7. The summed E-state index contributed by atoms with van der Waals surface area (Å²) in [5.41, 5.74) is 2.76. The maximum absolute atomic E-state index is 11.6. The topological polar surface area (TPSA) is 94.4 Å². The number of hydrogen-bond donors (Lipinski definition) is 1. The number of methoxy groups -OCH3 is 2. The van der Waals surface area contributed by atoms with E-state index in [0.29, 0.717) is 26.3 Å². The first kappa shape index (κ1) is 20.7. The average molecular weight is 483 g/mol. The molecule has 8 heteroatoms. The van der Waals surface area contributed by atoms with Crippen molar-refractivity contribution in [1.29, 1.82) is 0 Å². The van der Waals surface area contributed by atoms with Gasteiger partial charge < -0.3 is 19.3 Å². The molecule has 2 rings (SSSR count). The van der Waals surface area contributed by atoms with Gasteiger partial charge in [-0.3, -0.25) is 4.99 Å². The van der Waals surface area contributed by atoms with Crippen molar-refractivity contribution in [2.24, 2.45) is 4.99 Å². The number of benzene rings is 2. The first-order valence-electron chi connectivity index (χ1n) is 7.81. The Bertz CT molecular complexity index is 894. The average Bonchev–Trinajstić information content (AvgIpc) is 2.64. The van der Waals surface area contributed by atoms with E-state index in [9.17, 15) is 9.59 Å². The Labute approximate surface area is 170 Å². The predicted molar refractivity (Wildman–Crippen MR) is 109 cm³/mol. The molecule has 0 aromatic heterocycles. The van der Waals surface area contributed by atoms with E-state index in [0.717, 1.165) is 11.1 Å². The second kappa shape index (κ2) is 9.36. The van der Waals surface area contributed by atoms with Gasteiger partial charge in [0, 0.05) is 6.21 Å². The van der Waals surface area contributed by atoms with Gasteiger partial charge in [-0.2, -0.15) is 0 Å². The Hall–Kier alpha value is -2.62. The number of hydrogen-bond acceptors (Lipinski definition) is 6. The second-order valence-corrected chi connectivity index (χ2v) is 6.63. The van der Waals surface area contributed by atoms with Crippen molar-refractivity contribution in [3.8, 4) is 11.5 Å². The van der Waals surface area contributed by atoms with E-state index in [1.165, 1.54) is 14.2 Å². The largest absolute Gasteiger partial charge is 0.493 e. The van der Waals surface area contributed by atoms with Crippen molar-refractivity contribution in [1.82, 2.24) is 0 Å². The molecule has 0 aliphatic carbocycles. The maximum Gasteiger partial charge on any atom is 0.341 e. The summed E-state index contributed by atoms with van der Waals surface area (Å²) in [7, 11) is 2.82. The van der Waals surface area contributed by atoms with Crippen molar-refractivity contribution < 1.29 is 28.9 Å². The number of halogens is 1. The summed E-state index contributed by atoms with van der Waals surface area (Å²) >= 11 is 2.05. The number of carbonyl (C=O) groups excluding carboxylic acids is 1. The van der Waals surface area contributed by atoms with Crippen molar-refractivity contribution in [2.75, 3.05) is 20.8 Å². The van der Waals surface area contributed by atoms with E-state index in [-0.39, 0.29) is 0 Å². The summed E-state index contributed by atoms with van der Waals surface area (Å²) in [6.45, 7) is 1.40. The molecule has 0 heterocycles. The van der Waals surface area contributed by atoms with Crippen LogP contribution in [0.2, 0.25) is 0 Å². The number of carbonyl (C=O) groups is 2. The van der Waals surface area contributed by atoms with Gasteiger partial charge in [0.2, 0.25) is 0 Å². The maximum atomic E-state index is 11.6. The molecule has 27 heavy (non-hydrogen) atoms. The number of carboxylic acids is 1. The molecule has 0 radical (unpaired) electrons. The van der Waals surface area contributed by atoms with Crippen LogP contribution in [0.15, 0.2) is 35.3 Å². The van der Waals surface area contributed by atoms with Gasteiger partial charge >= 0.3 is 11.9 Å². The summed E-state index contributed by atoms with van der Waals surface area (Å²) in [5, 5.41) is 8.77. The van der Waals surface area contributed by atoms with Crippen LogP contribution in [0.1, 0.15) is 21.5 Å². The molecule has 1 N–H and O–H groups in total. The van der Waals surface area contributed by atoms with Crippen LogP contribution < -0.4 is 9.47 Å². The third kappa shape index (κ3) is 5.43. The van der Waals surface area contributed by atoms with Crippen LogP contribution >= 0.6 is 22.6 Å². The summed E-state index contributed by atoms with van der Waals surface area (Å²) in [4.78, 5) is 26.7. The summed E-state index contributed by atoms with van der Waals surface area (Å²) in [6, 6.07) is 8.62. The summed E-state index contributed by atoms with van der Waals surface area (Å²) < 4.78 is 16.0. The first-order valence-corrected chi connectivity index (χ1v) is 8.88. The minimum Gasteiger partial charge on any atom is -0.493 e. The fourth-order valence-corrected chi connectivity index (χ4v) is 3.06. The molecule has 0 aliphatic heterocycles. The minimum absolute atomic E-state index is 0.372. The number of carboxylic acid groups (broad SMARTS) is 1. The molecule has 142 valence electrons. The Morgan fingerprint density at radius 1 is 1.22 bits per heavy atom. The molecule has 2 aromatic rings. The van der Waals surface area contributed by atoms with Crippen LogP contribution in [0.25, 0.3) is 0 Å². The van der Waals surface area contributed by atoms with Gasteiger partial charge in [-0.05, 0) is 71.0 Å². The van der Waals surface area contributed by atoms with E-state index in [2.05, 4.69) is 4.99 Å². The van der Waals surface area contributed by atoms with Gasteiger partial charge in [0.25, 0.3) is 0 Å². The second-order valence-electron chi connectivity index (χ2n) is 5.47. The molecule has 0 fully saturated rings. The standard InChI is InChI=1S/C19H18INO6/c1-11-6-13(19(24)26-3)4-5-15(11)21-9-12-7-14(20)18(16(8-12)25-2)27-10-17(22)23/h4-9H,10H2,1-3H3,(H,22,23). The lowest BCUT2D eigenvalue weighted by Gasteiger charge is -2.12. The molecule has 0 aliphatic rings. The van der Waals surface area contributed by atoms with E-state index >= 15 is 0 Å². The zero-order valence-corrected chi connectivity index (χ0v) is 17.1. The Morgan fingerprint density at radius 3 is 2.56 bits per heavy atom. The predicted octanol–water partition coefficient (Wildman–Crippen LogP) is 3.61. The lowest BCUT2D eigenvalue weighted by Crippen LogP contribution is -2.11. The summed E-state index contributed by atoms with van der Waals surface area (Å²) in [5.74, 6) is -0.673. The number of esters is 1. The van der Waals surface area contributed by atoms with E-state index < -0.39 is 18.5 Å². The smallest absolute Gasteiger partial charge is 0.341 e. The highest BCUT2D eigenvalue weighted by Gasteiger charge is 2.13. The molecule has 0 amide bonds. The quantitative estimate of drug-likeness (QED) is 0.368. The molecule has 0 saturated heterocycles. The molecule has 0 saturated carbocycles. The van der Waals surface area contributed by atoms with Crippen LogP contribution in [0.3, 0.4) is 0 Å². The monoisotopic (exact) mass is 483 g/mol. The van der Waals surface area contributed by atoms with Gasteiger partial charge in [0.15, 0.2) is 18.1 Å². The number of aryl methyl sites for hydroxylation is 1. The molecular weight excluding hydrogens is 465 g/mol. The van der Waals surface area contributed by atoms with Gasteiger partial charge in [0.05, 0.1) is 29.0 Å². The van der Waals surface area contributed by atoms with Crippen LogP contribution in [-0.4, -0.2) is 44.1 Å². The fourth-order valence-electron chi connectivity index (χ4n) is 2.28. The molecule has 0 bridgehead atoms. The number of ether oxygens (including phenoxy) is 3. The van der Waals surface area contributed by atoms with Crippen molar-refractivity contribution in [2.45, 2.75) is 6.92 Å². The normalized spacial score (nSPS) is 10.7. The van der Waals surface area contributed by atoms with Crippen molar-refractivity contribution >= 4 is 46.4 Å². The highest BCUT2D eigenvalue weighted by molar-refractivity contribution is 14.1.